The van der Waals surface area contributed by atoms with E-state index in [1.807, 2.05) is 0 Å². The van der Waals surface area contributed by atoms with E-state index in [1.54, 1.807) is 31.4 Å². The molecule has 0 radical (unpaired) electrons. The lowest BCUT2D eigenvalue weighted by atomic mass is 10.2. The quantitative estimate of drug-likeness (QED) is 0.586. The van der Waals surface area contributed by atoms with E-state index in [4.69, 9.17) is 9.47 Å². The third kappa shape index (κ3) is 5.73. The molecule has 8 heteroatoms. The van der Waals surface area contributed by atoms with Crippen molar-refractivity contribution in [3.05, 3.63) is 54.1 Å². The lowest BCUT2D eigenvalue weighted by Gasteiger charge is -2.14. The lowest BCUT2D eigenvalue weighted by Crippen LogP contribution is -2.30. The van der Waals surface area contributed by atoms with Crippen molar-refractivity contribution in [3.63, 3.8) is 0 Å². The van der Waals surface area contributed by atoms with Gasteiger partial charge in [0.15, 0.2) is 6.10 Å². The predicted octanol–water partition coefficient (Wildman–Crippen LogP) is 3.64. The molecule has 0 aliphatic carbocycles. The van der Waals surface area contributed by atoms with Crippen molar-refractivity contribution in [1.82, 2.24) is 0 Å². The predicted molar refractivity (Wildman–Crippen MR) is 94.3 cm³/mol. The first-order valence-electron chi connectivity index (χ1n) is 7.61. The Hall–Kier alpha value is -2.61. The average molecular weight is 381 g/mol. The van der Waals surface area contributed by atoms with Crippen molar-refractivity contribution in [1.29, 1.82) is 0 Å². The second-order valence-electron chi connectivity index (χ2n) is 5.21. The van der Waals surface area contributed by atoms with E-state index in [9.17, 15) is 18.4 Å². The summed E-state index contributed by atoms with van der Waals surface area (Å²) in [5, 5.41) is 2.19. The minimum absolute atomic E-state index is 0.00171. The average Bonchev–Trinajstić information content (AvgIpc) is 2.63. The first-order valence-corrected chi connectivity index (χ1v) is 8.60. The number of carbonyl (C=O) groups is 2. The van der Waals surface area contributed by atoms with Gasteiger partial charge in [-0.1, -0.05) is 0 Å². The van der Waals surface area contributed by atoms with Crippen molar-refractivity contribution in [2.45, 2.75) is 17.9 Å². The van der Waals surface area contributed by atoms with Crippen LogP contribution in [0.5, 0.6) is 5.75 Å². The summed E-state index contributed by atoms with van der Waals surface area (Å²) < 4.78 is 36.7. The highest BCUT2D eigenvalue weighted by atomic mass is 32.2. The van der Waals surface area contributed by atoms with Gasteiger partial charge >= 0.3 is 5.97 Å². The molecule has 2 rings (SSSR count). The number of esters is 1. The molecule has 138 valence electrons. The molecule has 1 N–H and O–H groups in total. The molecule has 0 saturated carbocycles. The molecule has 0 saturated heterocycles. The van der Waals surface area contributed by atoms with Crippen LogP contribution >= 0.6 is 11.8 Å². The Bertz CT molecular complexity index is 783. The molecule has 0 unspecified atom stereocenters. The Labute approximate surface area is 153 Å². The Morgan fingerprint density at radius 3 is 2.50 bits per heavy atom. The Morgan fingerprint density at radius 2 is 1.85 bits per heavy atom. The summed E-state index contributed by atoms with van der Waals surface area (Å²) in [5.41, 5.74) is -0.314. The minimum atomic E-state index is -1.15. The summed E-state index contributed by atoms with van der Waals surface area (Å²) in [7, 11) is 1.56. The second kappa shape index (κ2) is 9.19. The van der Waals surface area contributed by atoms with E-state index in [2.05, 4.69) is 5.32 Å². The number of halogens is 2. The minimum Gasteiger partial charge on any atom is -0.497 e. The van der Waals surface area contributed by atoms with Crippen LogP contribution in [0, 0.1) is 11.6 Å². The Balaban J connectivity index is 1.83. The van der Waals surface area contributed by atoms with Gasteiger partial charge in [-0.05, 0) is 43.3 Å². The number of thioether (sulfide) groups is 1. The highest BCUT2D eigenvalue weighted by Crippen LogP contribution is 2.21. The molecule has 1 amide bonds. The molecule has 2 aromatic carbocycles. The van der Waals surface area contributed by atoms with Crippen LogP contribution < -0.4 is 10.1 Å². The van der Waals surface area contributed by atoms with Crippen LogP contribution in [0.15, 0.2) is 47.4 Å². The zero-order valence-corrected chi connectivity index (χ0v) is 14.9. The number of methoxy groups -OCH3 is 1. The number of carbonyl (C=O) groups excluding carboxylic acids is 2. The molecule has 0 aliphatic rings. The molecule has 1 atom stereocenters. The van der Waals surface area contributed by atoms with Gasteiger partial charge in [-0.25, -0.2) is 8.78 Å². The summed E-state index contributed by atoms with van der Waals surface area (Å²) in [6.07, 6.45) is -1.15. The SMILES string of the molecule is COc1ccc(SCC(=O)O[C@H](C)C(=O)Nc2cc(F)ccc2F)cc1. The maximum atomic E-state index is 13.5. The van der Waals surface area contributed by atoms with Crippen LogP contribution in [0.3, 0.4) is 0 Å². The number of amides is 1. The Kier molecular flexibility index (Phi) is 6.97. The third-order valence-electron chi connectivity index (χ3n) is 3.28. The molecule has 0 fully saturated rings. The van der Waals surface area contributed by atoms with Crippen molar-refractivity contribution < 1.29 is 27.8 Å². The number of hydrogen-bond acceptors (Lipinski definition) is 5. The van der Waals surface area contributed by atoms with Crippen LogP contribution in [-0.2, 0) is 14.3 Å². The van der Waals surface area contributed by atoms with Gasteiger partial charge in [0.2, 0.25) is 0 Å². The molecule has 2 aromatic rings. The number of rotatable bonds is 7. The van der Waals surface area contributed by atoms with E-state index in [1.165, 1.54) is 18.7 Å². The van der Waals surface area contributed by atoms with Crippen molar-refractivity contribution in [2.75, 3.05) is 18.2 Å². The van der Waals surface area contributed by atoms with Crippen LogP contribution in [0.25, 0.3) is 0 Å². The monoisotopic (exact) mass is 381 g/mol. The van der Waals surface area contributed by atoms with E-state index in [-0.39, 0.29) is 11.4 Å². The fourth-order valence-corrected chi connectivity index (χ4v) is 2.61. The van der Waals surface area contributed by atoms with Gasteiger partial charge in [0, 0.05) is 11.0 Å². The summed E-state index contributed by atoms with van der Waals surface area (Å²) in [6, 6.07) is 9.78. The standard InChI is InChI=1S/C18H17F2NO4S/c1-11(18(23)21-16-9-12(19)3-8-15(16)20)25-17(22)10-26-14-6-4-13(24-2)5-7-14/h3-9,11H,10H2,1-2H3,(H,21,23)/t11-/m1/s1. The van der Waals surface area contributed by atoms with Crippen molar-refractivity contribution >= 4 is 29.3 Å². The number of nitrogens with one attached hydrogen (secondary N) is 1. The number of ether oxygens (including phenoxy) is 2. The number of hydrogen-bond donors (Lipinski definition) is 1. The lowest BCUT2D eigenvalue weighted by molar-refractivity contribution is -0.150. The van der Waals surface area contributed by atoms with E-state index in [0.29, 0.717) is 5.75 Å². The normalized spacial score (nSPS) is 11.5. The molecule has 0 spiro atoms. The molecule has 0 aromatic heterocycles. The highest BCUT2D eigenvalue weighted by Gasteiger charge is 2.19. The molecule has 5 nitrogen and oxygen atoms in total. The van der Waals surface area contributed by atoms with Crippen LogP contribution in [0.1, 0.15) is 6.92 Å². The highest BCUT2D eigenvalue weighted by molar-refractivity contribution is 8.00. The maximum absolute atomic E-state index is 13.5. The van der Waals surface area contributed by atoms with E-state index < -0.39 is 29.6 Å². The summed E-state index contributed by atoms with van der Waals surface area (Å²) in [5.74, 6) is -2.13. The van der Waals surface area contributed by atoms with Crippen LogP contribution in [-0.4, -0.2) is 30.8 Å². The van der Waals surface area contributed by atoms with Crippen molar-refractivity contribution in [2.24, 2.45) is 0 Å². The van der Waals surface area contributed by atoms with Gasteiger partial charge in [0.05, 0.1) is 18.6 Å². The van der Waals surface area contributed by atoms with Gasteiger partial charge in [-0.2, -0.15) is 0 Å². The first-order chi connectivity index (χ1) is 12.4. The summed E-state index contributed by atoms with van der Waals surface area (Å²) in [4.78, 5) is 24.6. The van der Waals surface area contributed by atoms with Gasteiger partial charge in [0.1, 0.15) is 17.4 Å². The zero-order valence-electron chi connectivity index (χ0n) is 14.1. The van der Waals surface area contributed by atoms with Gasteiger partial charge in [-0.3, -0.25) is 9.59 Å². The molecule has 0 bridgehead atoms. The first kappa shape index (κ1) is 19.7. The molecular weight excluding hydrogens is 364 g/mol. The van der Waals surface area contributed by atoms with Gasteiger partial charge in [0.25, 0.3) is 5.91 Å². The third-order valence-corrected chi connectivity index (χ3v) is 4.27. The summed E-state index contributed by atoms with van der Waals surface area (Å²) in [6.45, 7) is 1.35. The molecule has 0 heterocycles. The topological polar surface area (TPSA) is 64.6 Å². The van der Waals surface area contributed by atoms with Gasteiger partial charge < -0.3 is 14.8 Å². The van der Waals surface area contributed by atoms with E-state index >= 15 is 0 Å². The second-order valence-corrected chi connectivity index (χ2v) is 6.26. The fraction of sp³-hybridized carbons (Fsp3) is 0.222. The molecule has 0 aliphatic heterocycles. The van der Waals surface area contributed by atoms with Crippen LogP contribution in [0.2, 0.25) is 0 Å². The molecular formula is C18H17F2NO4S. The fourth-order valence-electron chi connectivity index (χ4n) is 1.93. The smallest absolute Gasteiger partial charge is 0.317 e. The molecule has 26 heavy (non-hydrogen) atoms. The van der Waals surface area contributed by atoms with Crippen molar-refractivity contribution in [3.8, 4) is 5.75 Å². The number of benzene rings is 2. The maximum Gasteiger partial charge on any atom is 0.317 e. The number of anilines is 1. The van der Waals surface area contributed by atoms with E-state index in [0.717, 1.165) is 23.1 Å². The van der Waals surface area contributed by atoms with Gasteiger partial charge in [-0.15, -0.1) is 11.8 Å². The Morgan fingerprint density at radius 1 is 1.15 bits per heavy atom. The largest absolute Gasteiger partial charge is 0.497 e. The zero-order chi connectivity index (χ0) is 19.1. The van der Waals surface area contributed by atoms with Crippen LogP contribution in [0.4, 0.5) is 14.5 Å². The summed E-state index contributed by atoms with van der Waals surface area (Å²) >= 11 is 1.24.